The average molecular weight is 330 g/mol. The highest BCUT2D eigenvalue weighted by atomic mass is 32.2. The lowest BCUT2D eigenvalue weighted by atomic mass is 10.0. The standard InChI is InChI=1S/C17H18N2O3S/c1-13-5-2-3-6-14(13)9-19-10-17(11-21-12-17)22-16-15(23(19)20)7-4-8-18-16/h2-8H,9-12H2,1H3. The summed E-state index contributed by atoms with van der Waals surface area (Å²) in [4.78, 5) is 4.90. The van der Waals surface area contributed by atoms with E-state index in [9.17, 15) is 4.21 Å². The maximum absolute atomic E-state index is 13.1. The highest BCUT2D eigenvalue weighted by Gasteiger charge is 2.47. The average Bonchev–Trinajstić information content (AvgIpc) is 2.65. The van der Waals surface area contributed by atoms with Crippen molar-refractivity contribution < 1.29 is 13.7 Å². The molecule has 2 aliphatic rings. The normalized spacial score (nSPS) is 22.7. The van der Waals surface area contributed by atoms with Crippen LogP contribution in [0.15, 0.2) is 47.5 Å². The van der Waals surface area contributed by atoms with Gasteiger partial charge in [-0.2, -0.15) is 0 Å². The van der Waals surface area contributed by atoms with Crippen LogP contribution in [-0.2, 0) is 22.3 Å². The van der Waals surface area contributed by atoms with E-state index in [0.29, 0.717) is 37.1 Å². The van der Waals surface area contributed by atoms with Crippen molar-refractivity contribution in [3.63, 3.8) is 0 Å². The Kier molecular flexibility index (Phi) is 3.67. The van der Waals surface area contributed by atoms with Crippen molar-refractivity contribution in [3.8, 4) is 5.88 Å². The number of aryl methyl sites for hydroxylation is 1. The van der Waals surface area contributed by atoms with Crippen molar-refractivity contribution in [3.05, 3.63) is 53.7 Å². The molecular weight excluding hydrogens is 312 g/mol. The van der Waals surface area contributed by atoms with E-state index < -0.39 is 16.6 Å². The number of hydrogen-bond donors (Lipinski definition) is 0. The third-order valence-electron chi connectivity index (χ3n) is 4.27. The van der Waals surface area contributed by atoms with Crippen molar-refractivity contribution in [1.82, 2.24) is 9.29 Å². The Bertz CT molecular complexity index is 761. The summed E-state index contributed by atoms with van der Waals surface area (Å²) in [6, 6.07) is 11.8. The van der Waals surface area contributed by atoms with Crippen LogP contribution in [0, 0.1) is 6.92 Å². The molecule has 5 nitrogen and oxygen atoms in total. The van der Waals surface area contributed by atoms with Gasteiger partial charge in [-0.3, -0.25) is 0 Å². The largest absolute Gasteiger partial charge is 0.464 e. The molecule has 0 bridgehead atoms. The molecule has 2 aliphatic heterocycles. The van der Waals surface area contributed by atoms with Crippen LogP contribution >= 0.6 is 0 Å². The smallest absolute Gasteiger partial charge is 0.232 e. The topological polar surface area (TPSA) is 51.7 Å². The van der Waals surface area contributed by atoms with Crippen molar-refractivity contribution >= 4 is 11.0 Å². The lowest BCUT2D eigenvalue weighted by molar-refractivity contribution is -0.166. The molecule has 6 heteroatoms. The summed E-state index contributed by atoms with van der Waals surface area (Å²) in [6.45, 7) is 4.25. The Morgan fingerprint density at radius 2 is 2.09 bits per heavy atom. The summed E-state index contributed by atoms with van der Waals surface area (Å²) in [5.74, 6) is 0.460. The Balaban J connectivity index is 1.71. The van der Waals surface area contributed by atoms with Crippen LogP contribution in [0.1, 0.15) is 11.1 Å². The SMILES string of the molecule is Cc1ccccc1CN1CC2(COC2)Oc2ncccc2S1=O. The molecule has 1 aromatic carbocycles. The zero-order valence-corrected chi connectivity index (χ0v) is 13.7. The summed E-state index contributed by atoms with van der Waals surface area (Å²) in [5.41, 5.74) is 1.92. The summed E-state index contributed by atoms with van der Waals surface area (Å²) in [5, 5.41) is 0. The van der Waals surface area contributed by atoms with Gasteiger partial charge in [0.25, 0.3) is 0 Å². The van der Waals surface area contributed by atoms with Gasteiger partial charge in [0.05, 0.1) is 19.8 Å². The molecule has 0 aliphatic carbocycles. The predicted octanol–water partition coefficient (Wildman–Crippen LogP) is 2.08. The second kappa shape index (κ2) is 5.70. The molecule has 3 heterocycles. The van der Waals surface area contributed by atoms with Gasteiger partial charge in [0, 0.05) is 12.7 Å². The number of pyridine rings is 1. The molecule has 1 unspecified atom stereocenters. The third kappa shape index (κ3) is 2.67. The molecule has 4 rings (SSSR count). The maximum atomic E-state index is 13.1. The number of fused-ring (bicyclic) bond motifs is 1. The maximum Gasteiger partial charge on any atom is 0.232 e. The predicted molar refractivity (Wildman–Crippen MR) is 86.4 cm³/mol. The molecule has 120 valence electrons. The minimum Gasteiger partial charge on any atom is -0.464 e. The van der Waals surface area contributed by atoms with E-state index >= 15 is 0 Å². The fourth-order valence-corrected chi connectivity index (χ4v) is 4.24. The van der Waals surface area contributed by atoms with Gasteiger partial charge in [-0.25, -0.2) is 13.5 Å². The van der Waals surface area contributed by atoms with Gasteiger partial charge >= 0.3 is 0 Å². The van der Waals surface area contributed by atoms with Crippen LogP contribution < -0.4 is 4.74 Å². The van der Waals surface area contributed by atoms with Gasteiger partial charge in [-0.15, -0.1) is 0 Å². The molecular formula is C17H18N2O3S. The molecule has 0 radical (unpaired) electrons. The zero-order valence-electron chi connectivity index (χ0n) is 12.9. The van der Waals surface area contributed by atoms with Gasteiger partial charge in [0.2, 0.25) is 5.88 Å². The summed E-state index contributed by atoms with van der Waals surface area (Å²) in [7, 11) is -1.30. The number of nitrogens with zero attached hydrogens (tertiary/aromatic N) is 2. The Labute approximate surface area is 137 Å². The van der Waals surface area contributed by atoms with Crippen molar-refractivity contribution in [2.75, 3.05) is 19.8 Å². The summed E-state index contributed by atoms with van der Waals surface area (Å²) in [6.07, 6.45) is 1.67. The van der Waals surface area contributed by atoms with Crippen molar-refractivity contribution in [1.29, 1.82) is 0 Å². The molecule has 2 aromatic rings. The van der Waals surface area contributed by atoms with Crippen LogP contribution in [0.4, 0.5) is 0 Å². The van der Waals surface area contributed by atoms with Gasteiger partial charge in [-0.05, 0) is 30.2 Å². The van der Waals surface area contributed by atoms with Crippen LogP contribution in [0.2, 0.25) is 0 Å². The van der Waals surface area contributed by atoms with E-state index in [-0.39, 0.29) is 0 Å². The van der Waals surface area contributed by atoms with E-state index in [1.165, 1.54) is 11.1 Å². The molecule has 1 aromatic heterocycles. The summed E-state index contributed by atoms with van der Waals surface area (Å²) < 4.78 is 26.5. The zero-order chi connectivity index (χ0) is 15.9. The molecule has 1 atom stereocenters. The third-order valence-corrected chi connectivity index (χ3v) is 5.69. The monoisotopic (exact) mass is 330 g/mol. The van der Waals surface area contributed by atoms with E-state index in [1.54, 1.807) is 12.3 Å². The van der Waals surface area contributed by atoms with E-state index in [0.717, 1.165) is 0 Å². The fourth-order valence-electron chi connectivity index (χ4n) is 2.91. The first-order chi connectivity index (χ1) is 11.2. The van der Waals surface area contributed by atoms with Crippen LogP contribution in [0.3, 0.4) is 0 Å². The Morgan fingerprint density at radius 1 is 1.26 bits per heavy atom. The number of hydrogen-bond acceptors (Lipinski definition) is 4. The van der Waals surface area contributed by atoms with Gasteiger partial charge in [-0.1, -0.05) is 24.3 Å². The van der Waals surface area contributed by atoms with E-state index in [2.05, 4.69) is 24.0 Å². The summed E-state index contributed by atoms with van der Waals surface area (Å²) >= 11 is 0. The number of aromatic nitrogens is 1. The molecule has 0 amide bonds. The Hall–Kier alpha value is -1.76. The Morgan fingerprint density at radius 3 is 2.83 bits per heavy atom. The minimum atomic E-state index is -1.30. The fraction of sp³-hybridized carbons (Fsp3) is 0.353. The molecule has 23 heavy (non-hydrogen) atoms. The van der Waals surface area contributed by atoms with Gasteiger partial charge in [0.15, 0.2) is 5.60 Å². The van der Waals surface area contributed by atoms with Crippen molar-refractivity contribution in [2.45, 2.75) is 24.0 Å². The highest BCUT2D eigenvalue weighted by molar-refractivity contribution is 7.82. The van der Waals surface area contributed by atoms with Crippen molar-refractivity contribution in [2.24, 2.45) is 0 Å². The molecule has 0 N–H and O–H groups in total. The lowest BCUT2D eigenvalue weighted by Gasteiger charge is -2.41. The molecule has 0 saturated carbocycles. The number of rotatable bonds is 2. The van der Waals surface area contributed by atoms with Crippen LogP contribution in [0.5, 0.6) is 5.88 Å². The molecule has 1 saturated heterocycles. The number of benzene rings is 1. The van der Waals surface area contributed by atoms with E-state index in [4.69, 9.17) is 9.47 Å². The first-order valence-electron chi connectivity index (χ1n) is 7.60. The molecule has 1 fully saturated rings. The lowest BCUT2D eigenvalue weighted by Crippen LogP contribution is -2.60. The number of ether oxygens (including phenoxy) is 2. The van der Waals surface area contributed by atoms with Gasteiger partial charge < -0.3 is 9.47 Å². The van der Waals surface area contributed by atoms with E-state index in [1.807, 2.05) is 22.5 Å². The minimum absolute atomic E-state index is 0.446. The second-order valence-electron chi connectivity index (χ2n) is 6.06. The second-order valence-corrected chi connectivity index (χ2v) is 7.51. The van der Waals surface area contributed by atoms with Crippen LogP contribution in [0.25, 0.3) is 0 Å². The van der Waals surface area contributed by atoms with Gasteiger partial charge in [0.1, 0.15) is 15.9 Å². The van der Waals surface area contributed by atoms with Crippen LogP contribution in [-0.4, -0.2) is 38.9 Å². The quantitative estimate of drug-likeness (QED) is 0.846. The highest BCUT2D eigenvalue weighted by Crippen LogP contribution is 2.35. The first kappa shape index (κ1) is 14.8. The first-order valence-corrected chi connectivity index (χ1v) is 8.71. The molecule has 1 spiro atoms.